The van der Waals surface area contributed by atoms with Crippen LogP contribution < -0.4 is 11.1 Å². The predicted octanol–water partition coefficient (Wildman–Crippen LogP) is 4.79. The van der Waals surface area contributed by atoms with Crippen molar-refractivity contribution in [3.63, 3.8) is 0 Å². The van der Waals surface area contributed by atoms with Crippen LogP contribution in [0.3, 0.4) is 0 Å². The first-order chi connectivity index (χ1) is 9.38. The monoisotopic (exact) mass is 328 g/mol. The number of aryl methyl sites for hydroxylation is 1. The molecule has 0 aliphatic rings. The zero-order chi connectivity index (χ0) is 14.9. The topological polar surface area (TPSA) is 55.1 Å². The second-order valence-electron chi connectivity index (χ2n) is 4.29. The largest absolute Gasteiger partial charge is 0.398 e. The fourth-order valence-corrected chi connectivity index (χ4v) is 2.64. The van der Waals surface area contributed by atoms with E-state index in [1.54, 1.807) is 18.2 Å². The smallest absolute Gasteiger partial charge is 0.257 e. The summed E-state index contributed by atoms with van der Waals surface area (Å²) in [5, 5.41) is 3.57. The van der Waals surface area contributed by atoms with Crippen molar-refractivity contribution in [2.75, 3.05) is 11.1 Å². The van der Waals surface area contributed by atoms with E-state index >= 15 is 0 Å². The number of hydrogen-bond acceptors (Lipinski definition) is 2. The van der Waals surface area contributed by atoms with Crippen LogP contribution in [0.4, 0.5) is 11.4 Å². The molecule has 0 heterocycles. The molecule has 1 amide bonds. The van der Waals surface area contributed by atoms with Crippen molar-refractivity contribution < 1.29 is 4.79 Å². The molecule has 2 aromatic rings. The lowest BCUT2D eigenvalue weighted by Gasteiger charge is -2.11. The molecule has 0 bridgehead atoms. The van der Waals surface area contributed by atoms with Crippen LogP contribution in [0, 0.1) is 6.92 Å². The van der Waals surface area contributed by atoms with E-state index in [1.807, 2.05) is 6.92 Å². The van der Waals surface area contributed by atoms with Crippen LogP contribution in [0.15, 0.2) is 30.3 Å². The van der Waals surface area contributed by atoms with E-state index in [1.165, 1.54) is 12.1 Å². The first kappa shape index (κ1) is 15.0. The quantitative estimate of drug-likeness (QED) is 0.778. The van der Waals surface area contributed by atoms with Gasteiger partial charge in [-0.25, -0.2) is 0 Å². The van der Waals surface area contributed by atoms with Crippen LogP contribution in [0.1, 0.15) is 15.9 Å². The van der Waals surface area contributed by atoms with E-state index in [4.69, 9.17) is 40.5 Å². The average molecular weight is 330 g/mol. The van der Waals surface area contributed by atoms with E-state index < -0.39 is 0 Å². The number of carbonyl (C=O) groups is 1. The average Bonchev–Trinajstić information content (AvgIpc) is 2.33. The molecule has 0 unspecified atom stereocenters. The van der Waals surface area contributed by atoms with E-state index in [-0.39, 0.29) is 16.0 Å². The molecule has 0 saturated carbocycles. The summed E-state index contributed by atoms with van der Waals surface area (Å²) in [5.74, 6) is -0.381. The van der Waals surface area contributed by atoms with Crippen LogP contribution in [-0.4, -0.2) is 5.91 Å². The Balaban J connectivity index is 2.33. The van der Waals surface area contributed by atoms with Gasteiger partial charge in [-0.3, -0.25) is 4.79 Å². The molecule has 6 heteroatoms. The number of benzene rings is 2. The molecular weight excluding hydrogens is 319 g/mol. The van der Waals surface area contributed by atoms with Crippen LogP contribution >= 0.6 is 34.8 Å². The Morgan fingerprint density at radius 1 is 1.10 bits per heavy atom. The first-order valence-corrected chi connectivity index (χ1v) is 6.84. The van der Waals surface area contributed by atoms with Gasteiger partial charge in [0.2, 0.25) is 0 Å². The zero-order valence-electron chi connectivity index (χ0n) is 10.5. The number of nitrogens with one attached hydrogen (secondary N) is 1. The minimum absolute atomic E-state index is 0.265. The fourth-order valence-electron chi connectivity index (χ4n) is 1.73. The standard InChI is InChI=1S/C14H11Cl3N2O/c1-7-2-3-9(12(18)4-7)14(20)19-13-10(16)5-8(15)6-11(13)17/h2-6H,18H2,1H3,(H,19,20). The van der Waals surface area contributed by atoms with Gasteiger partial charge in [-0.1, -0.05) is 40.9 Å². The molecule has 0 saturated heterocycles. The Labute approximate surface area is 131 Å². The number of nitrogen functional groups attached to an aromatic ring is 1. The van der Waals surface area contributed by atoms with Gasteiger partial charge in [0.05, 0.1) is 21.3 Å². The van der Waals surface area contributed by atoms with Gasteiger partial charge in [-0.15, -0.1) is 0 Å². The molecule has 3 nitrogen and oxygen atoms in total. The van der Waals surface area contributed by atoms with Crippen molar-refractivity contribution in [3.05, 3.63) is 56.5 Å². The molecule has 2 rings (SSSR count). The number of halogens is 3. The van der Waals surface area contributed by atoms with Gasteiger partial charge in [0, 0.05) is 10.7 Å². The molecule has 0 radical (unpaired) electrons. The third-order valence-electron chi connectivity index (χ3n) is 2.70. The summed E-state index contributed by atoms with van der Waals surface area (Å²) in [6.07, 6.45) is 0. The SMILES string of the molecule is Cc1ccc(C(=O)Nc2c(Cl)cc(Cl)cc2Cl)c(N)c1. The summed E-state index contributed by atoms with van der Waals surface area (Å²) in [6, 6.07) is 8.18. The summed E-state index contributed by atoms with van der Waals surface area (Å²) in [6.45, 7) is 1.89. The molecule has 104 valence electrons. The number of rotatable bonds is 2. The lowest BCUT2D eigenvalue weighted by molar-refractivity contribution is 0.102. The predicted molar refractivity (Wildman–Crippen MR) is 85.0 cm³/mol. The highest BCUT2D eigenvalue weighted by molar-refractivity contribution is 6.42. The van der Waals surface area contributed by atoms with Crippen molar-refractivity contribution in [1.82, 2.24) is 0 Å². The van der Waals surface area contributed by atoms with E-state index in [0.29, 0.717) is 22.0 Å². The molecule has 20 heavy (non-hydrogen) atoms. The van der Waals surface area contributed by atoms with Gasteiger partial charge in [0.15, 0.2) is 0 Å². The Morgan fingerprint density at radius 3 is 2.25 bits per heavy atom. The minimum atomic E-state index is -0.381. The van der Waals surface area contributed by atoms with Crippen molar-refractivity contribution >= 4 is 52.1 Å². The summed E-state index contributed by atoms with van der Waals surface area (Å²) < 4.78 is 0. The Bertz CT molecular complexity index is 663. The highest BCUT2D eigenvalue weighted by Gasteiger charge is 2.14. The van der Waals surface area contributed by atoms with Gasteiger partial charge in [0.25, 0.3) is 5.91 Å². The number of amides is 1. The van der Waals surface area contributed by atoms with Gasteiger partial charge >= 0.3 is 0 Å². The maximum absolute atomic E-state index is 12.2. The van der Waals surface area contributed by atoms with Crippen molar-refractivity contribution in [2.24, 2.45) is 0 Å². The second-order valence-corrected chi connectivity index (χ2v) is 5.54. The first-order valence-electron chi connectivity index (χ1n) is 5.70. The van der Waals surface area contributed by atoms with Gasteiger partial charge in [-0.05, 0) is 36.8 Å². The van der Waals surface area contributed by atoms with E-state index in [0.717, 1.165) is 5.56 Å². The minimum Gasteiger partial charge on any atom is -0.398 e. The van der Waals surface area contributed by atoms with Crippen LogP contribution in [0.5, 0.6) is 0 Å². The summed E-state index contributed by atoms with van der Waals surface area (Å²) >= 11 is 17.8. The maximum Gasteiger partial charge on any atom is 0.257 e. The second kappa shape index (κ2) is 5.92. The van der Waals surface area contributed by atoms with Crippen molar-refractivity contribution in [1.29, 1.82) is 0 Å². The molecule has 0 aliphatic heterocycles. The third kappa shape index (κ3) is 3.18. The number of hydrogen-bond donors (Lipinski definition) is 2. The summed E-state index contributed by atoms with van der Waals surface area (Å²) in [5.41, 5.74) is 7.86. The Hall–Kier alpha value is -1.42. The fraction of sp³-hybridized carbons (Fsp3) is 0.0714. The zero-order valence-corrected chi connectivity index (χ0v) is 12.8. The molecule has 0 aliphatic carbocycles. The molecule has 0 spiro atoms. The lowest BCUT2D eigenvalue weighted by atomic mass is 10.1. The highest BCUT2D eigenvalue weighted by atomic mass is 35.5. The van der Waals surface area contributed by atoms with E-state index in [2.05, 4.69) is 5.32 Å². The normalized spacial score (nSPS) is 10.4. The van der Waals surface area contributed by atoms with Gasteiger partial charge in [0.1, 0.15) is 0 Å². The Kier molecular flexibility index (Phi) is 4.43. The lowest BCUT2D eigenvalue weighted by Crippen LogP contribution is -2.14. The van der Waals surface area contributed by atoms with E-state index in [9.17, 15) is 4.79 Å². The van der Waals surface area contributed by atoms with Crippen LogP contribution in [0.2, 0.25) is 15.1 Å². The molecule has 0 atom stereocenters. The summed E-state index contributed by atoms with van der Waals surface area (Å²) in [7, 11) is 0. The molecule has 0 fully saturated rings. The summed E-state index contributed by atoms with van der Waals surface area (Å²) in [4.78, 5) is 12.2. The van der Waals surface area contributed by atoms with Gasteiger partial charge in [-0.2, -0.15) is 0 Å². The van der Waals surface area contributed by atoms with Crippen LogP contribution in [-0.2, 0) is 0 Å². The number of anilines is 2. The molecule has 2 aromatic carbocycles. The number of carbonyl (C=O) groups excluding carboxylic acids is 1. The molecule has 3 N–H and O–H groups in total. The number of nitrogens with two attached hydrogens (primary N) is 1. The van der Waals surface area contributed by atoms with Crippen LogP contribution in [0.25, 0.3) is 0 Å². The third-order valence-corrected chi connectivity index (χ3v) is 3.51. The maximum atomic E-state index is 12.2. The Morgan fingerprint density at radius 2 is 1.70 bits per heavy atom. The van der Waals surface area contributed by atoms with Crippen molar-refractivity contribution in [3.8, 4) is 0 Å². The molecule has 0 aromatic heterocycles. The van der Waals surface area contributed by atoms with Crippen molar-refractivity contribution in [2.45, 2.75) is 6.92 Å². The molecular formula is C14H11Cl3N2O. The highest BCUT2D eigenvalue weighted by Crippen LogP contribution is 2.34. The van der Waals surface area contributed by atoms with Gasteiger partial charge < -0.3 is 11.1 Å².